The normalized spacial score (nSPS) is 14.4. The third-order valence-corrected chi connectivity index (χ3v) is 7.58. The lowest BCUT2D eigenvalue weighted by Crippen LogP contribution is -2.51. The van der Waals surface area contributed by atoms with Crippen LogP contribution in [0.2, 0.25) is 0 Å². The third-order valence-electron chi connectivity index (χ3n) is 7.58. The van der Waals surface area contributed by atoms with E-state index in [1.165, 1.54) is 33.3 Å². The van der Waals surface area contributed by atoms with E-state index in [0.717, 1.165) is 77.2 Å². The molecule has 0 bridgehead atoms. The molecule has 0 radical (unpaired) electrons. The van der Waals surface area contributed by atoms with E-state index in [2.05, 4.69) is 24.7 Å². The van der Waals surface area contributed by atoms with Crippen molar-refractivity contribution in [1.29, 1.82) is 0 Å². The molecule has 1 N–H and O–H groups in total. The molecule has 0 aliphatic heterocycles. The van der Waals surface area contributed by atoms with E-state index in [1.807, 2.05) is 13.1 Å². The number of likely N-dealkylation sites (N-methyl/N-ethyl adjacent to an activating group) is 1. The average Bonchev–Trinajstić information content (AvgIpc) is 2.92. The first-order valence-electron chi connectivity index (χ1n) is 16.2. The van der Waals surface area contributed by atoms with Crippen LogP contribution in [-0.4, -0.2) is 80.1 Å². The standard InChI is InChI=1S/C33H62NO7/c1-6-8-10-17-21-25-34(4,26-27-40-29(3)35)28-33(38)41-31(23-18-9-7-2)30(36)22-19-15-13-11-12-14-16-20-24-32(37)39-5/h15,19,30-31,36H,6-14,16-18,20-28H2,1-5H3/q+1/b19-15-. The van der Waals surface area contributed by atoms with Crippen LogP contribution in [0.1, 0.15) is 130 Å². The maximum atomic E-state index is 13.1. The van der Waals surface area contributed by atoms with Crippen molar-refractivity contribution in [3.8, 4) is 0 Å². The molecule has 3 atom stereocenters. The fourth-order valence-electron chi connectivity index (χ4n) is 4.89. The SMILES string of the molecule is CCCCCCC[N+](C)(CCOC(C)=O)CC(=O)OC(CCCCC)C(O)C/C=C\CCCCCCCC(=O)OC. The predicted octanol–water partition coefficient (Wildman–Crippen LogP) is 6.67. The molecule has 240 valence electrons. The molecule has 0 aromatic rings. The van der Waals surface area contributed by atoms with Gasteiger partial charge >= 0.3 is 17.9 Å². The Morgan fingerprint density at radius 2 is 1.44 bits per heavy atom. The molecule has 0 aromatic heterocycles. The summed E-state index contributed by atoms with van der Waals surface area (Å²) < 4.78 is 16.2. The number of rotatable bonds is 27. The number of methoxy groups -OCH3 is 1. The van der Waals surface area contributed by atoms with Gasteiger partial charge in [-0.2, -0.15) is 0 Å². The molecule has 0 saturated heterocycles. The Balaban J connectivity index is 4.80. The summed E-state index contributed by atoms with van der Waals surface area (Å²) in [5.41, 5.74) is 0. The second-order valence-corrected chi connectivity index (χ2v) is 11.7. The topological polar surface area (TPSA) is 99.1 Å². The highest BCUT2D eigenvalue weighted by atomic mass is 16.6. The summed E-state index contributed by atoms with van der Waals surface area (Å²) in [6.07, 6.45) is 19.2. The molecule has 0 aliphatic carbocycles. The fourth-order valence-corrected chi connectivity index (χ4v) is 4.89. The van der Waals surface area contributed by atoms with Crippen molar-refractivity contribution in [2.45, 2.75) is 142 Å². The molecule has 0 spiro atoms. The van der Waals surface area contributed by atoms with E-state index in [-0.39, 0.29) is 31.1 Å². The summed E-state index contributed by atoms with van der Waals surface area (Å²) in [5.74, 6) is -0.763. The smallest absolute Gasteiger partial charge is 0.362 e. The van der Waals surface area contributed by atoms with Gasteiger partial charge in [-0.15, -0.1) is 0 Å². The zero-order chi connectivity index (χ0) is 30.8. The Bertz CT molecular complexity index is 712. The molecule has 0 aromatic carbocycles. The van der Waals surface area contributed by atoms with Gasteiger partial charge in [-0.25, -0.2) is 4.79 Å². The van der Waals surface area contributed by atoms with Crippen LogP contribution in [0.3, 0.4) is 0 Å². The highest BCUT2D eigenvalue weighted by Crippen LogP contribution is 2.17. The van der Waals surface area contributed by atoms with Crippen LogP contribution >= 0.6 is 0 Å². The third kappa shape index (κ3) is 23.3. The van der Waals surface area contributed by atoms with E-state index < -0.39 is 12.2 Å². The van der Waals surface area contributed by atoms with E-state index in [9.17, 15) is 19.5 Å². The second-order valence-electron chi connectivity index (χ2n) is 11.7. The lowest BCUT2D eigenvalue weighted by molar-refractivity contribution is -0.903. The van der Waals surface area contributed by atoms with E-state index in [4.69, 9.17) is 9.47 Å². The highest BCUT2D eigenvalue weighted by molar-refractivity contribution is 5.71. The van der Waals surface area contributed by atoms with Gasteiger partial charge in [-0.1, -0.05) is 77.4 Å². The van der Waals surface area contributed by atoms with Gasteiger partial charge < -0.3 is 23.8 Å². The van der Waals surface area contributed by atoms with Gasteiger partial charge in [0, 0.05) is 13.3 Å². The van der Waals surface area contributed by atoms with E-state index >= 15 is 0 Å². The number of aliphatic hydroxyl groups is 1. The maximum absolute atomic E-state index is 13.1. The minimum atomic E-state index is -0.737. The van der Waals surface area contributed by atoms with Crippen molar-refractivity contribution in [2.75, 3.05) is 40.4 Å². The first kappa shape index (κ1) is 39.1. The van der Waals surface area contributed by atoms with Gasteiger partial charge in [0.15, 0.2) is 6.54 Å². The van der Waals surface area contributed by atoms with Crippen molar-refractivity contribution in [1.82, 2.24) is 0 Å². The van der Waals surface area contributed by atoms with Crippen molar-refractivity contribution < 1.29 is 38.2 Å². The largest absolute Gasteiger partial charge is 0.469 e. The molecular weight excluding hydrogens is 522 g/mol. The molecule has 41 heavy (non-hydrogen) atoms. The monoisotopic (exact) mass is 584 g/mol. The number of unbranched alkanes of at least 4 members (excludes halogenated alkanes) is 11. The van der Waals surface area contributed by atoms with E-state index in [0.29, 0.717) is 30.3 Å². The minimum Gasteiger partial charge on any atom is -0.469 e. The number of hydrogen-bond donors (Lipinski definition) is 1. The molecular formula is C33H62NO7+. The van der Waals surface area contributed by atoms with Crippen LogP contribution in [0, 0.1) is 0 Å². The molecule has 0 aliphatic rings. The number of quaternary nitrogens is 1. The first-order chi connectivity index (χ1) is 19.7. The molecule has 0 fully saturated rings. The van der Waals surface area contributed by atoms with Gasteiger partial charge in [0.25, 0.3) is 0 Å². The number of nitrogens with zero attached hydrogens (tertiary/aromatic N) is 1. The Labute approximate surface area is 250 Å². The summed E-state index contributed by atoms with van der Waals surface area (Å²) in [4.78, 5) is 35.6. The summed E-state index contributed by atoms with van der Waals surface area (Å²) >= 11 is 0. The number of allylic oxidation sites excluding steroid dienone is 1. The van der Waals surface area contributed by atoms with Crippen LogP contribution in [-0.2, 0) is 28.6 Å². The second kappa shape index (κ2) is 25.8. The van der Waals surface area contributed by atoms with Gasteiger partial charge in [0.1, 0.15) is 19.3 Å². The molecule has 8 nitrogen and oxygen atoms in total. The maximum Gasteiger partial charge on any atom is 0.362 e. The van der Waals surface area contributed by atoms with Gasteiger partial charge in [-0.05, 0) is 51.4 Å². The average molecular weight is 585 g/mol. The fraction of sp³-hybridized carbons (Fsp3) is 0.848. The van der Waals surface area contributed by atoms with Gasteiger partial charge in [0.05, 0.1) is 26.8 Å². The number of aliphatic hydroxyl groups excluding tert-OH is 1. The summed E-state index contributed by atoms with van der Waals surface area (Å²) in [6, 6.07) is 0. The van der Waals surface area contributed by atoms with Gasteiger partial charge in [0.2, 0.25) is 0 Å². The molecule has 0 amide bonds. The number of esters is 3. The Morgan fingerprint density at radius 3 is 2.12 bits per heavy atom. The Morgan fingerprint density at radius 1 is 0.805 bits per heavy atom. The molecule has 8 heteroatoms. The zero-order valence-electron chi connectivity index (χ0n) is 27.0. The number of carbonyl (C=O) groups excluding carboxylic acids is 3. The van der Waals surface area contributed by atoms with Crippen molar-refractivity contribution in [3.63, 3.8) is 0 Å². The van der Waals surface area contributed by atoms with Crippen molar-refractivity contribution >= 4 is 17.9 Å². The first-order valence-corrected chi connectivity index (χ1v) is 16.2. The summed E-state index contributed by atoms with van der Waals surface area (Å²) in [5, 5.41) is 10.9. The molecule has 0 rings (SSSR count). The van der Waals surface area contributed by atoms with Crippen LogP contribution in [0.4, 0.5) is 0 Å². The number of carbonyl (C=O) groups is 3. The van der Waals surface area contributed by atoms with Gasteiger partial charge in [-0.3, -0.25) is 9.59 Å². The molecule has 0 heterocycles. The highest BCUT2D eigenvalue weighted by Gasteiger charge is 2.30. The van der Waals surface area contributed by atoms with Crippen LogP contribution < -0.4 is 0 Å². The molecule has 0 saturated carbocycles. The van der Waals surface area contributed by atoms with Crippen LogP contribution in [0.15, 0.2) is 12.2 Å². The van der Waals surface area contributed by atoms with Crippen LogP contribution in [0.25, 0.3) is 0 Å². The summed E-state index contributed by atoms with van der Waals surface area (Å²) in [7, 11) is 3.44. The zero-order valence-corrected chi connectivity index (χ0v) is 27.0. The Kier molecular flexibility index (Phi) is 24.5. The summed E-state index contributed by atoms with van der Waals surface area (Å²) in [6.45, 7) is 7.56. The minimum absolute atomic E-state index is 0.143. The quantitative estimate of drug-likeness (QED) is 0.0378. The number of hydrogen-bond acceptors (Lipinski definition) is 7. The van der Waals surface area contributed by atoms with Crippen molar-refractivity contribution in [2.24, 2.45) is 0 Å². The predicted molar refractivity (Wildman–Crippen MR) is 164 cm³/mol. The lowest BCUT2D eigenvalue weighted by Gasteiger charge is -2.34. The molecule has 3 unspecified atom stereocenters. The van der Waals surface area contributed by atoms with Crippen molar-refractivity contribution in [3.05, 3.63) is 12.2 Å². The Hall–Kier alpha value is -1.93. The van der Waals surface area contributed by atoms with Crippen LogP contribution in [0.5, 0.6) is 0 Å². The lowest BCUT2D eigenvalue weighted by atomic mass is 10.0. The number of ether oxygens (including phenoxy) is 3. The van der Waals surface area contributed by atoms with E-state index in [1.54, 1.807) is 0 Å².